The minimum atomic E-state index is -1.25. The standard InChI is InChI=1S/C49H76N18O9/c1-62(2)29-13-15-64(19-29)47-58-43(37-45(60-47)66(23-50-37)33-17-31(39(72)41(33)74)56-35(70)21-68)52-25-5-9-27(10-6-25)54-49(76)55-28-11-7-26(8-12-28)53-44-38-46(61-48(59-44)65-16-14-30(20-65)63(3)4)67(24-51-38)34-18-32(40(73)42(34)75)57-36(71)22-69/h23-34,39-42,68-69,72-75H,5-22H2,1-4H3,(H,56,70)(H,57,71)(H,52,58,60)(H,53,59,61)(H2,54,55,76)/t25-,26-,27-,28-,29-,30-,31+,32+,33-,34-,39-,40-,41+,42+/m1/s1. The summed E-state index contributed by atoms with van der Waals surface area (Å²) >= 11 is 0. The van der Waals surface area contributed by atoms with Gasteiger partial charge in [-0.05, 0) is 105 Å². The third-order valence-corrected chi connectivity index (χ3v) is 17.0. The Morgan fingerprint density at radius 1 is 0.539 bits per heavy atom. The smallest absolute Gasteiger partial charge is 0.315 e. The number of aliphatic hydroxyl groups is 6. The average Bonchev–Trinajstić information content (AvgIpc) is 4.31. The maximum absolute atomic E-state index is 13.5. The van der Waals surface area contributed by atoms with Gasteiger partial charge in [-0.1, -0.05) is 0 Å². The first-order valence-electron chi connectivity index (χ1n) is 27.0. The molecule has 0 unspecified atom stereocenters. The maximum atomic E-state index is 13.5. The van der Waals surface area contributed by atoms with Gasteiger partial charge in [0.1, 0.15) is 37.6 Å². The molecule has 2 saturated heterocycles. The second kappa shape index (κ2) is 22.6. The van der Waals surface area contributed by atoms with Crippen LogP contribution in [0.1, 0.15) is 89.1 Å². The molecule has 2 aliphatic heterocycles. The molecule has 4 aliphatic carbocycles. The van der Waals surface area contributed by atoms with E-state index in [0.717, 1.165) is 90.4 Å². The molecule has 10 atom stereocenters. The van der Waals surface area contributed by atoms with Gasteiger partial charge in [0.25, 0.3) is 0 Å². The van der Waals surface area contributed by atoms with Crippen LogP contribution in [0.4, 0.5) is 28.3 Å². The van der Waals surface area contributed by atoms with Crippen LogP contribution < -0.4 is 41.7 Å². The van der Waals surface area contributed by atoms with E-state index in [9.17, 15) is 45.0 Å². The van der Waals surface area contributed by atoms with Gasteiger partial charge in [0, 0.05) is 62.4 Å². The molecule has 0 bridgehead atoms. The number of likely N-dealkylation sites (N-methyl/N-ethyl adjacent to an activating group) is 2. The Kier molecular flexibility index (Phi) is 16.0. The van der Waals surface area contributed by atoms with Crippen LogP contribution in [-0.2, 0) is 9.59 Å². The number of imidazole rings is 2. The van der Waals surface area contributed by atoms with Crippen LogP contribution in [0.2, 0.25) is 0 Å². The number of nitrogens with one attached hydrogen (secondary N) is 6. The molecule has 6 fully saturated rings. The number of fused-ring (bicyclic) bond motifs is 2. The van der Waals surface area contributed by atoms with Gasteiger partial charge in [0.15, 0.2) is 34.0 Å². The predicted molar refractivity (Wildman–Crippen MR) is 280 cm³/mol. The van der Waals surface area contributed by atoms with Crippen LogP contribution in [0.15, 0.2) is 12.7 Å². The lowest BCUT2D eigenvalue weighted by atomic mass is 9.90. The second-order valence-electron chi connectivity index (χ2n) is 22.3. The summed E-state index contributed by atoms with van der Waals surface area (Å²) in [6, 6.07) is -2.32. The summed E-state index contributed by atoms with van der Waals surface area (Å²) in [6.45, 7) is 1.54. The molecule has 27 nitrogen and oxygen atoms in total. The van der Waals surface area contributed by atoms with Crippen molar-refractivity contribution < 1.29 is 45.0 Å². The minimum Gasteiger partial charge on any atom is -0.388 e. The first-order valence-corrected chi connectivity index (χ1v) is 27.0. The highest BCUT2D eigenvalue weighted by Gasteiger charge is 2.46. The third kappa shape index (κ3) is 11.1. The van der Waals surface area contributed by atoms with Crippen molar-refractivity contribution in [2.75, 3.05) is 88.0 Å². The van der Waals surface area contributed by atoms with Crippen molar-refractivity contribution in [3.63, 3.8) is 0 Å². The van der Waals surface area contributed by atoms with Crippen molar-refractivity contribution in [1.29, 1.82) is 0 Å². The molecule has 4 saturated carbocycles. The molecule has 4 aromatic rings. The summed E-state index contributed by atoms with van der Waals surface area (Å²) in [6.07, 6.45) is 6.64. The third-order valence-electron chi connectivity index (χ3n) is 17.0. The van der Waals surface area contributed by atoms with Crippen molar-refractivity contribution in [2.24, 2.45) is 0 Å². The summed E-state index contributed by atoms with van der Waals surface area (Å²) in [5.74, 6) is 0.934. The van der Waals surface area contributed by atoms with Crippen molar-refractivity contribution in [3.05, 3.63) is 12.7 Å². The fourth-order valence-electron chi connectivity index (χ4n) is 12.4. The zero-order chi connectivity index (χ0) is 53.5. The topological polar surface area (TPSA) is 345 Å². The van der Waals surface area contributed by atoms with Gasteiger partial charge < -0.3 is 91.3 Å². The van der Waals surface area contributed by atoms with Crippen LogP contribution in [0, 0.1) is 0 Å². The van der Waals surface area contributed by atoms with E-state index >= 15 is 0 Å². The summed E-state index contributed by atoms with van der Waals surface area (Å²) in [5.41, 5.74) is 2.05. The Morgan fingerprint density at radius 3 is 1.28 bits per heavy atom. The van der Waals surface area contributed by atoms with Crippen molar-refractivity contribution in [3.8, 4) is 0 Å². The number of aliphatic hydroxyl groups excluding tert-OH is 6. The SMILES string of the molecule is CN(C)[C@@H]1CCN(c2nc(N[C@H]3CC[C@H](NC(=O)N[C@H]4CC[C@H](Nc5nc(N6CC[C@@H](N(C)C)C6)nc6c5ncn6[C@@H]5C[C@H](NC(=O)CO)[C@@H](O)[C@H]5O)CC4)CC3)c3ncn([C@@H]4C[C@H](NC(=O)CO)[C@@H](O)[C@H]4O)c3n2)C1. The van der Waals surface area contributed by atoms with Crippen molar-refractivity contribution >= 4 is 63.7 Å². The number of rotatable bonds is 16. The molecule has 0 spiro atoms. The van der Waals surface area contributed by atoms with Crippen LogP contribution in [0.25, 0.3) is 22.3 Å². The molecule has 0 radical (unpaired) electrons. The molecule has 10 rings (SSSR count). The molecule has 416 valence electrons. The van der Waals surface area contributed by atoms with E-state index in [-0.39, 0.29) is 43.0 Å². The first kappa shape index (κ1) is 53.6. The number of aromatic nitrogens is 8. The fraction of sp³-hybridized carbons (Fsp3) is 0.735. The summed E-state index contributed by atoms with van der Waals surface area (Å²) in [5, 5.41) is 81.7. The second-order valence-corrected chi connectivity index (χ2v) is 22.3. The van der Waals surface area contributed by atoms with Crippen LogP contribution >= 0.6 is 0 Å². The lowest BCUT2D eigenvalue weighted by molar-refractivity contribution is -0.126. The van der Waals surface area contributed by atoms with Gasteiger partial charge >= 0.3 is 6.03 Å². The quantitative estimate of drug-likeness (QED) is 0.0576. The molecule has 12 N–H and O–H groups in total. The fourth-order valence-corrected chi connectivity index (χ4v) is 12.4. The molecule has 4 amide bonds. The van der Waals surface area contributed by atoms with E-state index in [2.05, 4.69) is 79.7 Å². The van der Waals surface area contributed by atoms with Gasteiger partial charge in [-0.2, -0.15) is 19.9 Å². The molecule has 27 heteroatoms. The Morgan fingerprint density at radius 2 is 0.921 bits per heavy atom. The van der Waals surface area contributed by atoms with E-state index in [1.807, 2.05) is 0 Å². The zero-order valence-corrected chi connectivity index (χ0v) is 43.7. The Hall–Kier alpha value is -5.81. The number of hydrogen-bond acceptors (Lipinski definition) is 21. The number of nitrogens with zero attached hydrogens (tertiary/aromatic N) is 12. The first-order chi connectivity index (χ1) is 36.5. The lowest BCUT2D eigenvalue weighted by Gasteiger charge is -2.32. The van der Waals surface area contributed by atoms with E-state index in [4.69, 9.17) is 29.9 Å². The molecular weight excluding hydrogens is 985 g/mol. The summed E-state index contributed by atoms with van der Waals surface area (Å²) in [4.78, 5) is 75.7. The van der Waals surface area contributed by atoms with Gasteiger partial charge in [0.2, 0.25) is 23.7 Å². The van der Waals surface area contributed by atoms with E-state index < -0.39 is 73.6 Å². The predicted octanol–water partition coefficient (Wildman–Crippen LogP) is -2.02. The maximum Gasteiger partial charge on any atom is 0.315 e. The number of hydrogen-bond donors (Lipinski definition) is 12. The Labute approximate surface area is 440 Å². The molecule has 4 aromatic heterocycles. The van der Waals surface area contributed by atoms with Crippen molar-refractivity contribution in [1.82, 2.24) is 70.1 Å². The number of carbonyl (C=O) groups excluding carboxylic acids is 3. The zero-order valence-electron chi connectivity index (χ0n) is 43.7. The van der Waals surface area contributed by atoms with Crippen molar-refractivity contribution in [2.45, 2.75) is 162 Å². The van der Waals surface area contributed by atoms with Gasteiger partial charge in [0.05, 0.1) is 36.8 Å². The molecular formula is C49H76N18O9. The number of carbonyl (C=O) groups is 3. The average molecular weight is 1060 g/mol. The molecule has 76 heavy (non-hydrogen) atoms. The number of amides is 4. The normalized spacial score (nSPS) is 31.9. The molecule has 6 aliphatic rings. The van der Waals surface area contributed by atoms with Crippen LogP contribution in [0.5, 0.6) is 0 Å². The molecule has 0 aromatic carbocycles. The number of anilines is 4. The summed E-state index contributed by atoms with van der Waals surface area (Å²) < 4.78 is 3.51. The Bertz CT molecular complexity index is 2510. The van der Waals surface area contributed by atoms with E-state index in [1.54, 1.807) is 21.8 Å². The van der Waals surface area contributed by atoms with Gasteiger partial charge in [-0.3, -0.25) is 9.59 Å². The van der Waals surface area contributed by atoms with E-state index in [1.165, 1.54) is 0 Å². The van der Waals surface area contributed by atoms with Gasteiger partial charge in [-0.15, -0.1) is 0 Å². The Balaban J connectivity index is 0.752. The minimum absolute atomic E-state index is 0.0186. The monoisotopic (exact) mass is 1060 g/mol. The highest BCUT2D eigenvalue weighted by atomic mass is 16.3. The highest BCUT2D eigenvalue weighted by Crippen LogP contribution is 2.38. The largest absolute Gasteiger partial charge is 0.388 e. The highest BCUT2D eigenvalue weighted by molar-refractivity contribution is 5.86. The van der Waals surface area contributed by atoms with Crippen LogP contribution in [0.3, 0.4) is 0 Å². The molecule has 6 heterocycles. The number of urea groups is 1. The van der Waals surface area contributed by atoms with Crippen LogP contribution in [-0.4, -0.2) is 238 Å². The summed E-state index contributed by atoms with van der Waals surface area (Å²) in [7, 11) is 8.23. The van der Waals surface area contributed by atoms with Gasteiger partial charge in [-0.25, -0.2) is 14.8 Å². The lowest BCUT2D eigenvalue weighted by Crippen LogP contribution is -2.49. The van der Waals surface area contributed by atoms with E-state index in [0.29, 0.717) is 57.9 Å².